The molecule has 2 amide bonds. The van der Waals surface area contributed by atoms with Crippen molar-refractivity contribution in [3.8, 4) is 0 Å². The van der Waals surface area contributed by atoms with Gasteiger partial charge in [0, 0.05) is 30.4 Å². The summed E-state index contributed by atoms with van der Waals surface area (Å²) < 4.78 is 1.68. The molecule has 1 aliphatic rings. The maximum atomic E-state index is 12.8. The van der Waals surface area contributed by atoms with Crippen molar-refractivity contribution in [3.05, 3.63) is 70.2 Å². The van der Waals surface area contributed by atoms with Gasteiger partial charge in [0.15, 0.2) is 5.69 Å². The SMILES string of the molecule is O=C(NCCc1cccs1)C1CCN(C(=O)c2cn(Cc3ccccc3)nn2)CC1. The highest BCUT2D eigenvalue weighted by atomic mass is 32.1. The zero-order valence-electron chi connectivity index (χ0n) is 16.7. The van der Waals surface area contributed by atoms with E-state index < -0.39 is 0 Å². The number of aromatic nitrogens is 3. The van der Waals surface area contributed by atoms with Gasteiger partial charge in [-0.05, 0) is 36.3 Å². The molecular formula is C22H25N5O2S. The smallest absolute Gasteiger partial charge is 0.276 e. The molecule has 0 atom stereocenters. The molecule has 1 aromatic carbocycles. The highest BCUT2D eigenvalue weighted by molar-refractivity contribution is 7.09. The third kappa shape index (κ3) is 5.13. The lowest BCUT2D eigenvalue weighted by Gasteiger charge is -2.30. The van der Waals surface area contributed by atoms with Gasteiger partial charge in [-0.2, -0.15) is 0 Å². The summed E-state index contributed by atoms with van der Waals surface area (Å²) in [5.41, 5.74) is 1.46. The topological polar surface area (TPSA) is 80.1 Å². The minimum Gasteiger partial charge on any atom is -0.355 e. The Morgan fingerprint density at radius 1 is 1.10 bits per heavy atom. The van der Waals surface area contributed by atoms with Crippen molar-refractivity contribution in [3.63, 3.8) is 0 Å². The van der Waals surface area contributed by atoms with E-state index in [-0.39, 0.29) is 17.7 Å². The Balaban J connectivity index is 1.23. The molecule has 0 bridgehead atoms. The largest absolute Gasteiger partial charge is 0.355 e. The van der Waals surface area contributed by atoms with Gasteiger partial charge in [0.25, 0.3) is 5.91 Å². The second-order valence-electron chi connectivity index (χ2n) is 7.47. The molecular weight excluding hydrogens is 398 g/mol. The van der Waals surface area contributed by atoms with Crippen molar-refractivity contribution in [1.29, 1.82) is 0 Å². The van der Waals surface area contributed by atoms with Gasteiger partial charge >= 0.3 is 0 Å². The molecule has 30 heavy (non-hydrogen) atoms. The Morgan fingerprint density at radius 2 is 1.90 bits per heavy atom. The number of rotatable bonds is 7. The Morgan fingerprint density at radius 3 is 2.63 bits per heavy atom. The fraction of sp³-hybridized carbons (Fsp3) is 0.364. The number of nitrogens with one attached hydrogen (secondary N) is 1. The Hall–Kier alpha value is -3.00. The van der Waals surface area contributed by atoms with Gasteiger partial charge in [-0.25, -0.2) is 4.68 Å². The summed E-state index contributed by atoms with van der Waals surface area (Å²) in [5.74, 6) is -0.0653. The average Bonchev–Trinajstić information content (AvgIpc) is 3.46. The molecule has 4 rings (SSSR count). The average molecular weight is 424 g/mol. The van der Waals surface area contributed by atoms with Gasteiger partial charge in [-0.15, -0.1) is 16.4 Å². The second-order valence-corrected chi connectivity index (χ2v) is 8.51. The maximum Gasteiger partial charge on any atom is 0.276 e. The first-order valence-corrected chi connectivity index (χ1v) is 11.1. The molecule has 8 heteroatoms. The summed E-state index contributed by atoms with van der Waals surface area (Å²) in [6.07, 6.45) is 3.90. The third-order valence-electron chi connectivity index (χ3n) is 5.35. The van der Waals surface area contributed by atoms with E-state index in [1.165, 1.54) is 4.88 Å². The van der Waals surface area contributed by atoms with Crippen LogP contribution in [0.15, 0.2) is 54.0 Å². The number of benzene rings is 1. The van der Waals surface area contributed by atoms with Crippen LogP contribution in [-0.2, 0) is 17.8 Å². The van der Waals surface area contributed by atoms with E-state index in [2.05, 4.69) is 21.7 Å². The van der Waals surface area contributed by atoms with E-state index in [4.69, 9.17) is 0 Å². The lowest BCUT2D eigenvalue weighted by molar-refractivity contribution is -0.126. The Labute approximate surface area is 179 Å². The highest BCUT2D eigenvalue weighted by Gasteiger charge is 2.28. The fourth-order valence-electron chi connectivity index (χ4n) is 3.66. The lowest BCUT2D eigenvalue weighted by atomic mass is 9.95. The van der Waals surface area contributed by atoms with Crippen LogP contribution in [0, 0.1) is 5.92 Å². The first-order valence-electron chi connectivity index (χ1n) is 10.2. The van der Waals surface area contributed by atoms with Crippen LogP contribution in [0.1, 0.15) is 33.8 Å². The second kappa shape index (κ2) is 9.67. The monoisotopic (exact) mass is 423 g/mol. The maximum absolute atomic E-state index is 12.8. The molecule has 2 aromatic heterocycles. The first-order chi connectivity index (χ1) is 14.7. The van der Waals surface area contributed by atoms with Crippen LogP contribution < -0.4 is 5.32 Å². The van der Waals surface area contributed by atoms with Crippen molar-refractivity contribution in [1.82, 2.24) is 25.2 Å². The predicted octanol–water partition coefficient (Wildman–Crippen LogP) is 2.60. The quantitative estimate of drug-likeness (QED) is 0.633. The first kappa shape index (κ1) is 20.3. The number of likely N-dealkylation sites (tertiary alicyclic amines) is 1. The highest BCUT2D eigenvalue weighted by Crippen LogP contribution is 2.19. The summed E-state index contributed by atoms with van der Waals surface area (Å²) in [6, 6.07) is 14.0. The van der Waals surface area contributed by atoms with Crippen LogP contribution in [0.3, 0.4) is 0 Å². The molecule has 0 aliphatic carbocycles. The van der Waals surface area contributed by atoms with Gasteiger partial charge in [-0.1, -0.05) is 41.6 Å². The number of hydrogen-bond acceptors (Lipinski definition) is 5. The predicted molar refractivity (Wildman–Crippen MR) is 115 cm³/mol. The van der Waals surface area contributed by atoms with Crippen molar-refractivity contribution in [2.24, 2.45) is 5.92 Å². The molecule has 1 N–H and O–H groups in total. The van der Waals surface area contributed by atoms with Crippen molar-refractivity contribution in [2.45, 2.75) is 25.8 Å². The molecule has 1 fully saturated rings. The molecule has 3 aromatic rings. The van der Waals surface area contributed by atoms with Gasteiger partial charge in [-0.3, -0.25) is 9.59 Å². The number of piperidine rings is 1. The minimum absolute atomic E-state index is 0.0360. The zero-order valence-corrected chi connectivity index (χ0v) is 17.6. The number of hydrogen-bond donors (Lipinski definition) is 1. The van der Waals surface area contributed by atoms with E-state index in [1.54, 1.807) is 27.1 Å². The van der Waals surface area contributed by atoms with Crippen molar-refractivity contribution >= 4 is 23.2 Å². The van der Waals surface area contributed by atoms with E-state index >= 15 is 0 Å². The van der Waals surface area contributed by atoms with E-state index in [1.807, 2.05) is 41.8 Å². The van der Waals surface area contributed by atoms with Gasteiger partial charge in [0.05, 0.1) is 12.7 Å². The van der Waals surface area contributed by atoms with Crippen LogP contribution >= 0.6 is 11.3 Å². The molecule has 0 spiro atoms. The number of thiophene rings is 1. The molecule has 156 valence electrons. The number of amides is 2. The summed E-state index contributed by atoms with van der Waals surface area (Å²) in [4.78, 5) is 28.2. The fourth-order valence-corrected chi connectivity index (χ4v) is 4.37. The van der Waals surface area contributed by atoms with E-state index in [9.17, 15) is 9.59 Å². The molecule has 0 radical (unpaired) electrons. The van der Waals surface area contributed by atoms with Crippen LogP contribution in [0.2, 0.25) is 0 Å². The summed E-state index contributed by atoms with van der Waals surface area (Å²) in [5, 5.41) is 13.2. The lowest BCUT2D eigenvalue weighted by Crippen LogP contribution is -2.43. The zero-order chi connectivity index (χ0) is 20.8. The molecule has 1 saturated heterocycles. The summed E-state index contributed by atoms with van der Waals surface area (Å²) >= 11 is 1.71. The molecule has 3 heterocycles. The van der Waals surface area contributed by atoms with Crippen LogP contribution in [0.5, 0.6) is 0 Å². The standard InChI is InChI=1S/C22H25N5O2S/c28-21(23-11-8-19-7-4-14-30-19)18-9-12-26(13-10-18)22(29)20-16-27(25-24-20)15-17-5-2-1-3-6-17/h1-7,14,16,18H,8-13,15H2,(H,23,28). The Bertz CT molecular complexity index is 963. The van der Waals surface area contributed by atoms with Crippen LogP contribution in [0.25, 0.3) is 0 Å². The van der Waals surface area contributed by atoms with Gasteiger partial charge in [0.2, 0.25) is 5.91 Å². The van der Waals surface area contributed by atoms with E-state index in [0.717, 1.165) is 12.0 Å². The van der Waals surface area contributed by atoms with Crippen LogP contribution in [-0.4, -0.2) is 51.3 Å². The van der Waals surface area contributed by atoms with Gasteiger partial charge < -0.3 is 10.2 Å². The van der Waals surface area contributed by atoms with Crippen LogP contribution in [0.4, 0.5) is 0 Å². The third-order valence-corrected chi connectivity index (χ3v) is 6.29. The summed E-state index contributed by atoms with van der Waals surface area (Å²) in [7, 11) is 0. The number of carbonyl (C=O) groups excluding carboxylic acids is 2. The molecule has 0 unspecified atom stereocenters. The normalized spacial score (nSPS) is 14.6. The Kier molecular flexibility index (Phi) is 6.53. The van der Waals surface area contributed by atoms with E-state index in [0.29, 0.717) is 44.7 Å². The number of carbonyl (C=O) groups is 2. The summed E-state index contributed by atoms with van der Waals surface area (Å²) in [6.45, 7) is 2.36. The minimum atomic E-state index is -0.120. The number of nitrogens with zero attached hydrogens (tertiary/aromatic N) is 4. The molecule has 0 saturated carbocycles. The molecule has 1 aliphatic heterocycles. The van der Waals surface area contributed by atoms with Gasteiger partial charge in [0.1, 0.15) is 0 Å². The molecule has 7 nitrogen and oxygen atoms in total. The van der Waals surface area contributed by atoms with Crippen molar-refractivity contribution in [2.75, 3.05) is 19.6 Å². The van der Waals surface area contributed by atoms with Crippen molar-refractivity contribution < 1.29 is 9.59 Å².